The van der Waals surface area contributed by atoms with E-state index in [0.29, 0.717) is 18.3 Å². The van der Waals surface area contributed by atoms with Crippen LogP contribution in [-0.2, 0) is 0 Å². The Hall–Kier alpha value is -3.41. The van der Waals surface area contributed by atoms with Crippen LogP contribution in [0.2, 0.25) is 0 Å². The van der Waals surface area contributed by atoms with Gasteiger partial charge in [0, 0.05) is 17.8 Å². The molecule has 0 saturated heterocycles. The molecule has 1 N–H and O–H groups in total. The standard InChI is InChI=1S/C22H22N4O2/c1-4-26-15(3)18(19(23-22(26)27)16-8-6-5-7-9-16)21-24-20(25-28-21)17-12-10-14(2)11-13-17/h5-13,19H,4H2,1-3H3,(H,23,27). The zero-order valence-corrected chi connectivity index (χ0v) is 16.1. The van der Waals surface area contributed by atoms with E-state index in [4.69, 9.17) is 4.52 Å². The molecule has 1 aliphatic heterocycles. The molecule has 6 nitrogen and oxygen atoms in total. The van der Waals surface area contributed by atoms with Crippen molar-refractivity contribution in [3.05, 3.63) is 77.3 Å². The number of aromatic nitrogens is 2. The molecule has 2 heterocycles. The topological polar surface area (TPSA) is 71.3 Å². The van der Waals surface area contributed by atoms with E-state index in [9.17, 15) is 4.79 Å². The Balaban J connectivity index is 1.80. The summed E-state index contributed by atoms with van der Waals surface area (Å²) in [5, 5.41) is 7.24. The Morgan fingerprint density at radius 3 is 2.46 bits per heavy atom. The summed E-state index contributed by atoms with van der Waals surface area (Å²) in [7, 11) is 0. The lowest BCUT2D eigenvalue weighted by atomic mass is 9.95. The average molecular weight is 374 g/mol. The number of benzene rings is 2. The minimum Gasteiger partial charge on any atom is -0.334 e. The van der Waals surface area contributed by atoms with Gasteiger partial charge in [-0.25, -0.2) is 4.79 Å². The molecule has 1 atom stereocenters. The Labute approximate surface area is 163 Å². The fraction of sp³-hybridized carbons (Fsp3) is 0.227. The zero-order chi connectivity index (χ0) is 19.7. The summed E-state index contributed by atoms with van der Waals surface area (Å²) in [6.45, 7) is 6.45. The second-order valence-electron chi connectivity index (χ2n) is 6.83. The van der Waals surface area contributed by atoms with Gasteiger partial charge in [0.15, 0.2) is 0 Å². The number of rotatable bonds is 4. The van der Waals surface area contributed by atoms with Crippen LogP contribution in [0.4, 0.5) is 4.79 Å². The highest BCUT2D eigenvalue weighted by atomic mass is 16.5. The van der Waals surface area contributed by atoms with E-state index in [1.165, 1.54) is 5.56 Å². The molecule has 0 fully saturated rings. The molecule has 6 heteroatoms. The van der Waals surface area contributed by atoms with Crippen LogP contribution in [0.3, 0.4) is 0 Å². The first-order valence-electron chi connectivity index (χ1n) is 9.33. The highest BCUT2D eigenvalue weighted by molar-refractivity contribution is 5.86. The third kappa shape index (κ3) is 3.17. The molecule has 1 aliphatic rings. The van der Waals surface area contributed by atoms with Gasteiger partial charge < -0.3 is 9.84 Å². The van der Waals surface area contributed by atoms with E-state index >= 15 is 0 Å². The van der Waals surface area contributed by atoms with Gasteiger partial charge in [-0.15, -0.1) is 0 Å². The summed E-state index contributed by atoms with van der Waals surface area (Å²) < 4.78 is 5.64. The van der Waals surface area contributed by atoms with E-state index in [-0.39, 0.29) is 12.1 Å². The molecular formula is C22H22N4O2. The van der Waals surface area contributed by atoms with E-state index in [1.807, 2.05) is 75.4 Å². The van der Waals surface area contributed by atoms with E-state index < -0.39 is 0 Å². The lowest BCUT2D eigenvalue weighted by Gasteiger charge is -2.34. The molecule has 0 spiro atoms. The first-order chi connectivity index (χ1) is 13.6. The van der Waals surface area contributed by atoms with Crippen molar-refractivity contribution in [1.29, 1.82) is 0 Å². The molecule has 2 amide bonds. The van der Waals surface area contributed by atoms with Gasteiger partial charge >= 0.3 is 6.03 Å². The number of hydrogen-bond donors (Lipinski definition) is 1. The van der Waals surface area contributed by atoms with Crippen molar-refractivity contribution in [2.45, 2.75) is 26.8 Å². The number of nitrogens with zero attached hydrogens (tertiary/aromatic N) is 3. The van der Waals surface area contributed by atoms with Gasteiger partial charge in [0.05, 0.1) is 11.6 Å². The summed E-state index contributed by atoms with van der Waals surface area (Å²) in [5.74, 6) is 0.947. The van der Waals surface area contributed by atoms with Crippen LogP contribution < -0.4 is 5.32 Å². The molecule has 0 radical (unpaired) electrons. The fourth-order valence-electron chi connectivity index (χ4n) is 3.49. The van der Waals surface area contributed by atoms with Crippen LogP contribution in [-0.4, -0.2) is 27.6 Å². The summed E-state index contributed by atoms with van der Waals surface area (Å²) in [6.07, 6.45) is 0. The van der Waals surface area contributed by atoms with Gasteiger partial charge in [0.25, 0.3) is 5.89 Å². The second-order valence-corrected chi connectivity index (χ2v) is 6.83. The molecule has 0 aliphatic carbocycles. The van der Waals surface area contributed by atoms with Crippen LogP contribution in [0, 0.1) is 6.92 Å². The smallest absolute Gasteiger partial charge is 0.322 e. The second kappa shape index (κ2) is 7.31. The number of allylic oxidation sites excluding steroid dienone is 1. The Morgan fingerprint density at radius 1 is 1.07 bits per heavy atom. The Bertz CT molecular complexity index is 1020. The van der Waals surface area contributed by atoms with Gasteiger partial charge in [0.1, 0.15) is 0 Å². The molecule has 1 unspecified atom stereocenters. The maximum atomic E-state index is 12.6. The predicted molar refractivity (Wildman–Crippen MR) is 107 cm³/mol. The first kappa shape index (κ1) is 18.0. The largest absolute Gasteiger partial charge is 0.334 e. The van der Waals surface area contributed by atoms with Crippen molar-refractivity contribution in [3.8, 4) is 11.4 Å². The van der Waals surface area contributed by atoms with Gasteiger partial charge in [0.2, 0.25) is 5.82 Å². The summed E-state index contributed by atoms with van der Waals surface area (Å²) in [6, 6.07) is 17.3. The van der Waals surface area contributed by atoms with Crippen LogP contribution in [0.5, 0.6) is 0 Å². The Morgan fingerprint density at radius 2 is 1.79 bits per heavy atom. The van der Waals surface area contributed by atoms with E-state index in [0.717, 1.165) is 22.4 Å². The summed E-state index contributed by atoms with van der Waals surface area (Å²) in [5.41, 5.74) is 4.67. The number of urea groups is 1. The SMILES string of the molecule is CCN1C(=O)NC(c2ccccc2)C(c2nc(-c3ccc(C)cc3)no2)=C1C. The molecule has 4 rings (SSSR count). The lowest BCUT2D eigenvalue weighted by Crippen LogP contribution is -2.45. The lowest BCUT2D eigenvalue weighted by molar-refractivity contribution is 0.207. The molecule has 3 aromatic rings. The van der Waals surface area contributed by atoms with Crippen LogP contribution in [0.25, 0.3) is 17.0 Å². The Kier molecular flexibility index (Phi) is 4.69. The van der Waals surface area contributed by atoms with Crippen molar-refractivity contribution in [2.75, 3.05) is 6.54 Å². The third-order valence-electron chi connectivity index (χ3n) is 5.01. The van der Waals surface area contributed by atoms with Gasteiger partial charge in [-0.1, -0.05) is 65.3 Å². The predicted octanol–water partition coefficient (Wildman–Crippen LogP) is 4.56. The fourth-order valence-corrected chi connectivity index (χ4v) is 3.49. The first-order valence-corrected chi connectivity index (χ1v) is 9.33. The van der Waals surface area contributed by atoms with Crippen molar-refractivity contribution in [1.82, 2.24) is 20.4 Å². The van der Waals surface area contributed by atoms with Gasteiger partial charge in [-0.05, 0) is 26.3 Å². The molecule has 28 heavy (non-hydrogen) atoms. The maximum absolute atomic E-state index is 12.6. The highest BCUT2D eigenvalue weighted by Crippen LogP contribution is 2.37. The minimum atomic E-state index is -0.345. The number of aryl methyl sites for hydroxylation is 1. The van der Waals surface area contributed by atoms with Crippen molar-refractivity contribution >= 4 is 11.6 Å². The monoisotopic (exact) mass is 374 g/mol. The normalized spacial score (nSPS) is 17.0. The number of amides is 2. The molecule has 2 aromatic carbocycles. The number of hydrogen-bond acceptors (Lipinski definition) is 4. The van der Waals surface area contributed by atoms with Crippen molar-refractivity contribution in [3.63, 3.8) is 0 Å². The van der Waals surface area contributed by atoms with Gasteiger partial charge in [-0.3, -0.25) is 4.90 Å². The maximum Gasteiger partial charge on any atom is 0.322 e. The quantitative estimate of drug-likeness (QED) is 0.726. The molecular weight excluding hydrogens is 352 g/mol. The third-order valence-corrected chi connectivity index (χ3v) is 5.01. The molecule has 142 valence electrons. The number of carbonyl (C=O) groups is 1. The van der Waals surface area contributed by atoms with Crippen LogP contribution in [0.1, 0.15) is 36.9 Å². The minimum absolute atomic E-state index is 0.129. The van der Waals surface area contributed by atoms with Crippen molar-refractivity contribution < 1.29 is 9.32 Å². The number of nitrogens with one attached hydrogen (secondary N) is 1. The molecule has 0 saturated carbocycles. The number of carbonyl (C=O) groups excluding carboxylic acids is 1. The molecule has 1 aromatic heterocycles. The summed E-state index contributed by atoms with van der Waals surface area (Å²) in [4.78, 5) is 18.9. The van der Waals surface area contributed by atoms with Crippen LogP contribution >= 0.6 is 0 Å². The highest BCUT2D eigenvalue weighted by Gasteiger charge is 2.35. The zero-order valence-electron chi connectivity index (χ0n) is 16.1. The van der Waals surface area contributed by atoms with Crippen molar-refractivity contribution in [2.24, 2.45) is 0 Å². The summed E-state index contributed by atoms with van der Waals surface area (Å²) >= 11 is 0. The van der Waals surface area contributed by atoms with Gasteiger partial charge in [-0.2, -0.15) is 4.98 Å². The van der Waals surface area contributed by atoms with E-state index in [1.54, 1.807) is 4.90 Å². The van der Waals surface area contributed by atoms with E-state index in [2.05, 4.69) is 15.5 Å². The molecule has 0 bridgehead atoms. The van der Waals surface area contributed by atoms with Crippen LogP contribution in [0.15, 0.2) is 64.8 Å². The average Bonchev–Trinajstić information content (AvgIpc) is 3.18.